The summed E-state index contributed by atoms with van der Waals surface area (Å²) in [5.74, 6) is 0.757. The van der Waals surface area contributed by atoms with Crippen LogP contribution in [0.15, 0.2) is 24.4 Å². The van der Waals surface area contributed by atoms with E-state index < -0.39 is 0 Å². The van der Waals surface area contributed by atoms with Crippen molar-refractivity contribution in [3.05, 3.63) is 35.7 Å². The van der Waals surface area contributed by atoms with Gasteiger partial charge in [-0.1, -0.05) is 6.07 Å². The second kappa shape index (κ2) is 4.74. The average molecular weight is 267 g/mol. The molecule has 0 atom stereocenters. The number of hydrogen-bond acceptors (Lipinski definition) is 3. The van der Waals surface area contributed by atoms with Gasteiger partial charge in [0.1, 0.15) is 0 Å². The lowest BCUT2D eigenvalue weighted by Gasteiger charge is -2.31. The van der Waals surface area contributed by atoms with Gasteiger partial charge in [0.15, 0.2) is 0 Å². The van der Waals surface area contributed by atoms with Crippen molar-refractivity contribution in [2.45, 2.75) is 25.7 Å². The van der Waals surface area contributed by atoms with Gasteiger partial charge in [-0.25, -0.2) is 0 Å². The van der Waals surface area contributed by atoms with Gasteiger partial charge in [0.05, 0.1) is 0 Å². The van der Waals surface area contributed by atoms with Gasteiger partial charge in [0.2, 0.25) is 0 Å². The molecule has 104 valence electrons. The van der Waals surface area contributed by atoms with Gasteiger partial charge in [-0.3, -0.25) is 4.98 Å². The smallest absolute Gasteiger partial charge is 0.0409 e. The van der Waals surface area contributed by atoms with Gasteiger partial charge in [-0.2, -0.15) is 0 Å². The van der Waals surface area contributed by atoms with Gasteiger partial charge in [0, 0.05) is 49.1 Å². The molecule has 1 saturated heterocycles. The maximum Gasteiger partial charge on any atom is 0.0409 e. The molecule has 2 aliphatic rings. The van der Waals surface area contributed by atoms with Crippen molar-refractivity contribution >= 4 is 16.5 Å². The minimum Gasteiger partial charge on any atom is -0.369 e. The molecular weight excluding hydrogens is 246 g/mol. The fraction of sp³-hybridized carbons (Fsp3) is 0.471. The highest BCUT2D eigenvalue weighted by atomic mass is 15.2. The van der Waals surface area contributed by atoms with Crippen LogP contribution in [-0.2, 0) is 0 Å². The van der Waals surface area contributed by atoms with E-state index >= 15 is 0 Å². The second-order valence-electron chi connectivity index (χ2n) is 6.06. The molecular formula is C17H21N3. The number of benzene rings is 1. The molecule has 3 nitrogen and oxygen atoms in total. The lowest BCUT2D eigenvalue weighted by Crippen LogP contribution is -2.43. The molecule has 0 radical (unpaired) electrons. The molecule has 1 N–H and O–H groups in total. The number of aromatic nitrogens is 1. The summed E-state index contributed by atoms with van der Waals surface area (Å²) in [4.78, 5) is 7.08. The first-order valence-electron chi connectivity index (χ1n) is 7.68. The minimum atomic E-state index is 0.757. The zero-order chi connectivity index (χ0) is 13.5. The normalized spacial score (nSPS) is 19.6. The fourth-order valence-electron chi connectivity index (χ4n) is 3.32. The number of piperazine rings is 1. The van der Waals surface area contributed by atoms with E-state index in [1.54, 1.807) is 5.56 Å². The summed E-state index contributed by atoms with van der Waals surface area (Å²) in [6, 6.07) is 6.82. The number of aryl methyl sites for hydroxylation is 1. The van der Waals surface area contributed by atoms with Gasteiger partial charge in [-0.05, 0) is 48.8 Å². The Morgan fingerprint density at radius 1 is 1.20 bits per heavy atom. The predicted molar refractivity (Wildman–Crippen MR) is 83.5 cm³/mol. The molecule has 0 unspecified atom stereocenters. The van der Waals surface area contributed by atoms with Crippen LogP contribution in [0.3, 0.4) is 0 Å². The molecule has 0 amide bonds. The molecule has 2 fully saturated rings. The Labute approximate surface area is 120 Å². The van der Waals surface area contributed by atoms with Crippen LogP contribution in [0.1, 0.15) is 30.0 Å². The summed E-state index contributed by atoms with van der Waals surface area (Å²) < 4.78 is 0. The molecule has 1 aliphatic carbocycles. The van der Waals surface area contributed by atoms with Crippen LogP contribution in [0.4, 0.5) is 5.69 Å². The number of hydrogen-bond donors (Lipinski definition) is 1. The third-order valence-corrected chi connectivity index (χ3v) is 4.50. The molecule has 0 spiro atoms. The van der Waals surface area contributed by atoms with Crippen LogP contribution >= 0.6 is 0 Å². The van der Waals surface area contributed by atoms with E-state index in [0.717, 1.165) is 37.8 Å². The van der Waals surface area contributed by atoms with Crippen LogP contribution in [0.2, 0.25) is 0 Å². The number of anilines is 1. The molecule has 0 bridgehead atoms. The molecule has 2 heterocycles. The first-order chi connectivity index (χ1) is 9.83. The SMILES string of the molecule is Cc1cc2ccc(N3CCNCC3)c(C3CC3)c2cn1. The van der Waals surface area contributed by atoms with Crippen molar-refractivity contribution in [1.29, 1.82) is 0 Å². The van der Waals surface area contributed by atoms with Crippen molar-refractivity contribution in [1.82, 2.24) is 10.3 Å². The highest BCUT2D eigenvalue weighted by molar-refractivity contribution is 5.91. The Kier molecular flexibility index (Phi) is 2.88. The Morgan fingerprint density at radius 2 is 2.00 bits per heavy atom. The molecule has 1 aromatic carbocycles. The standard InChI is InChI=1S/C17H21N3/c1-12-10-14-4-5-16(20-8-6-18-7-9-20)17(13-2-3-13)15(14)11-19-12/h4-5,10-11,13,18H,2-3,6-9H2,1H3. The lowest BCUT2D eigenvalue weighted by atomic mass is 9.99. The predicted octanol–water partition coefficient (Wildman–Crippen LogP) is 2.83. The van der Waals surface area contributed by atoms with Crippen molar-refractivity contribution in [2.24, 2.45) is 0 Å². The second-order valence-corrected chi connectivity index (χ2v) is 6.06. The van der Waals surface area contributed by atoms with Crippen molar-refractivity contribution in [3.63, 3.8) is 0 Å². The van der Waals surface area contributed by atoms with Gasteiger partial charge in [0.25, 0.3) is 0 Å². The van der Waals surface area contributed by atoms with Crippen molar-refractivity contribution < 1.29 is 0 Å². The summed E-state index contributed by atoms with van der Waals surface area (Å²) >= 11 is 0. The summed E-state index contributed by atoms with van der Waals surface area (Å²) in [7, 11) is 0. The van der Waals surface area contributed by atoms with E-state index in [0.29, 0.717) is 0 Å². The zero-order valence-electron chi connectivity index (χ0n) is 12.0. The molecule has 3 heteroatoms. The Hall–Kier alpha value is -1.61. The quantitative estimate of drug-likeness (QED) is 0.907. The molecule has 2 aromatic rings. The Balaban J connectivity index is 1.87. The molecule has 1 aliphatic heterocycles. The topological polar surface area (TPSA) is 28.2 Å². The van der Waals surface area contributed by atoms with Crippen LogP contribution in [-0.4, -0.2) is 31.2 Å². The third-order valence-electron chi connectivity index (χ3n) is 4.50. The Morgan fingerprint density at radius 3 is 2.75 bits per heavy atom. The van der Waals surface area contributed by atoms with E-state index in [1.165, 1.54) is 29.3 Å². The fourth-order valence-corrected chi connectivity index (χ4v) is 3.32. The highest BCUT2D eigenvalue weighted by Crippen LogP contribution is 2.47. The number of nitrogens with one attached hydrogen (secondary N) is 1. The summed E-state index contributed by atoms with van der Waals surface area (Å²) in [5, 5.41) is 6.15. The van der Waals surface area contributed by atoms with Crippen molar-refractivity contribution in [3.8, 4) is 0 Å². The van der Waals surface area contributed by atoms with E-state index in [9.17, 15) is 0 Å². The lowest BCUT2D eigenvalue weighted by molar-refractivity contribution is 0.588. The maximum atomic E-state index is 4.53. The first-order valence-corrected chi connectivity index (χ1v) is 7.68. The average Bonchev–Trinajstić information content (AvgIpc) is 3.31. The van der Waals surface area contributed by atoms with Crippen LogP contribution in [0, 0.1) is 6.92 Å². The zero-order valence-corrected chi connectivity index (χ0v) is 12.0. The number of rotatable bonds is 2. The van der Waals surface area contributed by atoms with Crippen LogP contribution in [0.25, 0.3) is 10.8 Å². The maximum absolute atomic E-state index is 4.53. The number of fused-ring (bicyclic) bond motifs is 1. The van der Waals surface area contributed by atoms with Crippen LogP contribution in [0.5, 0.6) is 0 Å². The molecule has 20 heavy (non-hydrogen) atoms. The van der Waals surface area contributed by atoms with Gasteiger partial charge < -0.3 is 10.2 Å². The minimum absolute atomic E-state index is 0.757. The summed E-state index contributed by atoms with van der Waals surface area (Å²) in [5.41, 5.74) is 4.11. The van der Waals surface area contributed by atoms with Crippen molar-refractivity contribution in [2.75, 3.05) is 31.1 Å². The summed E-state index contributed by atoms with van der Waals surface area (Å²) in [6.07, 6.45) is 4.77. The van der Waals surface area contributed by atoms with Crippen LogP contribution < -0.4 is 10.2 Å². The van der Waals surface area contributed by atoms with Gasteiger partial charge in [-0.15, -0.1) is 0 Å². The monoisotopic (exact) mass is 267 g/mol. The Bertz CT molecular complexity index is 640. The van der Waals surface area contributed by atoms with E-state index in [4.69, 9.17) is 0 Å². The molecule has 1 saturated carbocycles. The van der Waals surface area contributed by atoms with E-state index in [1.807, 2.05) is 0 Å². The molecule has 4 rings (SSSR count). The third kappa shape index (κ3) is 2.06. The number of nitrogens with zero attached hydrogens (tertiary/aromatic N) is 2. The number of pyridine rings is 1. The highest BCUT2D eigenvalue weighted by Gasteiger charge is 2.30. The van der Waals surface area contributed by atoms with E-state index in [2.05, 4.69) is 46.5 Å². The largest absolute Gasteiger partial charge is 0.369 e. The first kappa shape index (κ1) is 12.2. The van der Waals surface area contributed by atoms with Gasteiger partial charge >= 0.3 is 0 Å². The summed E-state index contributed by atoms with van der Waals surface area (Å²) in [6.45, 7) is 6.48. The van der Waals surface area contributed by atoms with E-state index in [-0.39, 0.29) is 0 Å². The molecule has 1 aromatic heterocycles.